The zero-order valence-corrected chi connectivity index (χ0v) is 10.3. The van der Waals surface area contributed by atoms with Gasteiger partial charge in [0.15, 0.2) is 0 Å². The number of sulfonamides is 1. The van der Waals surface area contributed by atoms with E-state index < -0.39 is 10.0 Å². The van der Waals surface area contributed by atoms with Gasteiger partial charge in [-0.3, -0.25) is 0 Å². The minimum atomic E-state index is -3.19. The molecule has 5 heteroatoms. The number of rotatable bonds is 6. The van der Waals surface area contributed by atoms with Crippen molar-refractivity contribution >= 4 is 10.0 Å². The van der Waals surface area contributed by atoms with Gasteiger partial charge in [-0.2, -0.15) is 0 Å². The fourth-order valence-electron chi connectivity index (χ4n) is 1.45. The quantitative estimate of drug-likeness (QED) is 0.759. The van der Waals surface area contributed by atoms with Crippen LogP contribution in [-0.4, -0.2) is 27.3 Å². The Morgan fingerprint density at radius 1 is 1.38 bits per heavy atom. The van der Waals surface area contributed by atoms with Crippen molar-refractivity contribution in [1.82, 2.24) is 4.72 Å². The first kappa shape index (κ1) is 13.2. The average Bonchev–Trinajstić information content (AvgIpc) is 2.17. The van der Waals surface area contributed by atoms with Gasteiger partial charge in [0, 0.05) is 13.1 Å². The molecule has 0 amide bonds. The summed E-state index contributed by atoms with van der Waals surface area (Å²) in [6.45, 7) is 2.59. The summed E-state index contributed by atoms with van der Waals surface area (Å²) in [5.41, 5.74) is 7.52. The topological polar surface area (TPSA) is 72.2 Å². The number of nitrogens with two attached hydrogens (primary N) is 1. The Balaban J connectivity index is 2.42. The monoisotopic (exact) mass is 242 g/mol. The lowest BCUT2D eigenvalue weighted by atomic mass is 10.1. The summed E-state index contributed by atoms with van der Waals surface area (Å²) in [5.74, 6) is -0.0131. The molecule has 1 aromatic rings. The third kappa shape index (κ3) is 4.74. The molecule has 0 saturated carbocycles. The summed E-state index contributed by atoms with van der Waals surface area (Å²) in [6.07, 6.45) is 0.700. The first-order valence-corrected chi connectivity index (χ1v) is 6.92. The van der Waals surface area contributed by atoms with Gasteiger partial charge in [0.1, 0.15) is 0 Å². The van der Waals surface area contributed by atoms with Gasteiger partial charge in [0.05, 0.1) is 5.75 Å². The molecule has 0 aliphatic rings. The second-order valence-corrected chi connectivity index (χ2v) is 5.67. The lowest BCUT2D eigenvalue weighted by Gasteiger charge is -2.05. The van der Waals surface area contributed by atoms with Crippen LogP contribution in [0.25, 0.3) is 0 Å². The highest BCUT2D eigenvalue weighted by Crippen LogP contribution is 2.04. The third-order valence-electron chi connectivity index (χ3n) is 2.20. The summed E-state index contributed by atoms with van der Waals surface area (Å²) in [6, 6.07) is 8.03. The lowest BCUT2D eigenvalue weighted by Crippen LogP contribution is -2.31. The summed E-state index contributed by atoms with van der Waals surface area (Å²) in [5, 5.41) is 0. The van der Waals surface area contributed by atoms with Crippen LogP contribution in [0.2, 0.25) is 0 Å². The van der Waals surface area contributed by atoms with E-state index >= 15 is 0 Å². The molecule has 0 fully saturated rings. The van der Waals surface area contributed by atoms with Crippen molar-refractivity contribution < 1.29 is 8.42 Å². The maximum Gasteiger partial charge on any atom is 0.212 e. The normalized spacial score (nSPS) is 11.6. The molecule has 1 rings (SSSR count). The molecule has 4 nitrogen and oxygen atoms in total. The van der Waals surface area contributed by atoms with Crippen LogP contribution in [0.5, 0.6) is 0 Å². The molecular formula is C11H18N2O2S. The van der Waals surface area contributed by atoms with Crippen molar-refractivity contribution in [2.45, 2.75) is 13.3 Å². The van der Waals surface area contributed by atoms with Gasteiger partial charge in [-0.25, -0.2) is 13.1 Å². The maximum atomic E-state index is 11.3. The molecule has 16 heavy (non-hydrogen) atoms. The maximum absolute atomic E-state index is 11.3. The van der Waals surface area contributed by atoms with Gasteiger partial charge in [-0.15, -0.1) is 0 Å². The van der Waals surface area contributed by atoms with Gasteiger partial charge in [0.25, 0.3) is 0 Å². The van der Waals surface area contributed by atoms with Crippen LogP contribution < -0.4 is 10.5 Å². The Hall–Kier alpha value is -0.910. The van der Waals surface area contributed by atoms with Crippen molar-refractivity contribution in [2.24, 2.45) is 5.73 Å². The second-order valence-electron chi connectivity index (χ2n) is 3.74. The molecule has 1 aromatic carbocycles. The van der Waals surface area contributed by atoms with Crippen LogP contribution in [0.1, 0.15) is 11.1 Å². The molecule has 0 heterocycles. The highest BCUT2D eigenvalue weighted by molar-refractivity contribution is 7.89. The molecule has 90 valence electrons. The SMILES string of the molecule is Cc1cccc(CCNS(=O)(=O)CCN)c1. The molecule has 3 N–H and O–H groups in total. The van der Waals surface area contributed by atoms with E-state index in [4.69, 9.17) is 5.73 Å². The minimum Gasteiger partial charge on any atom is -0.329 e. The summed E-state index contributed by atoms with van der Waals surface area (Å²) < 4.78 is 25.1. The zero-order chi connectivity index (χ0) is 12.0. The first-order chi connectivity index (χ1) is 7.53. The lowest BCUT2D eigenvalue weighted by molar-refractivity contribution is 0.581. The van der Waals surface area contributed by atoms with E-state index in [0.717, 1.165) is 5.56 Å². The van der Waals surface area contributed by atoms with Gasteiger partial charge in [-0.1, -0.05) is 29.8 Å². The Morgan fingerprint density at radius 3 is 2.75 bits per heavy atom. The van der Waals surface area contributed by atoms with Crippen LogP contribution in [0.15, 0.2) is 24.3 Å². The number of hydrogen-bond donors (Lipinski definition) is 2. The number of nitrogens with one attached hydrogen (secondary N) is 1. The predicted molar refractivity (Wildman–Crippen MR) is 65.7 cm³/mol. The molecule has 0 aromatic heterocycles. The van der Waals surface area contributed by atoms with Crippen LogP contribution in [-0.2, 0) is 16.4 Å². The van der Waals surface area contributed by atoms with Crippen molar-refractivity contribution in [2.75, 3.05) is 18.8 Å². The van der Waals surface area contributed by atoms with Crippen molar-refractivity contribution in [3.05, 3.63) is 35.4 Å². The van der Waals surface area contributed by atoms with Gasteiger partial charge >= 0.3 is 0 Å². The highest BCUT2D eigenvalue weighted by Gasteiger charge is 2.07. The van der Waals surface area contributed by atoms with Gasteiger partial charge < -0.3 is 5.73 Å². The van der Waals surface area contributed by atoms with E-state index in [9.17, 15) is 8.42 Å². The summed E-state index contributed by atoms with van der Waals surface area (Å²) in [7, 11) is -3.19. The molecule has 0 bridgehead atoms. The fraction of sp³-hybridized carbons (Fsp3) is 0.455. The molecule has 0 unspecified atom stereocenters. The molecular weight excluding hydrogens is 224 g/mol. The van der Waals surface area contributed by atoms with Crippen molar-refractivity contribution in [3.63, 3.8) is 0 Å². The van der Waals surface area contributed by atoms with Gasteiger partial charge in [-0.05, 0) is 18.9 Å². The largest absolute Gasteiger partial charge is 0.329 e. The summed E-state index contributed by atoms with van der Waals surface area (Å²) in [4.78, 5) is 0. The molecule has 0 spiro atoms. The van der Waals surface area contributed by atoms with Crippen molar-refractivity contribution in [1.29, 1.82) is 0 Å². The van der Waals surface area contributed by atoms with Crippen LogP contribution in [0.4, 0.5) is 0 Å². The molecule has 0 atom stereocenters. The Morgan fingerprint density at radius 2 is 2.12 bits per heavy atom. The van der Waals surface area contributed by atoms with E-state index in [1.54, 1.807) is 0 Å². The molecule has 0 aliphatic heterocycles. The standard InChI is InChI=1S/C11H18N2O2S/c1-10-3-2-4-11(9-10)5-7-13-16(14,15)8-6-12/h2-4,9,13H,5-8,12H2,1H3. The Kier molecular flexibility index (Phi) is 4.92. The zero-order valence-electron chi connectivity index (χ0n) is 9.44. The van der Waals surface area contributed by atoms with Crippen LogP contribution >= 0.6 is 0 Å². The Bertz CT molecular complexity index is 429. The van der Waals surface area contributed by atoms with Crippen molar-refractivity contribution in [3.8, 4) is 0 Å². The van der Waals surface area contributed by atoms with E-state index in [2.05, 4.69) is 10.8 Å². The number of benzene rings is 1. The van der Waals surface area contributed by atoms with E-state index in [1.807, 2.05) is 25.1 Å². The average molecular weight is 242 g/mol. The predicted octanol–water partition coefficient (Wildman–Crippen LogP) is 0.416. The molecule has 0 saturated heterocycles. The number of hydrogen-bond acceptors (Lipinski definition) is 3. The van der Waals surface area contributed by atoms with E-state index in [1.165, 1.54) is 5.56 Å². The van der Waals surface area contributed by atoms with Crippen LogP contribution in [0, 0.1) is 6.92 Å². The minimum absolute atomic E-state index is 0.0131. The fourth-order valence-corrected chi connectivity index (χ4v) is 2.31. The molecule has 0 radical (unpaired) electrons. The number of aryl methyl sites for hydroxylation is 1. The molecule has 0 aliphatic carbocycles. The second kappa shape index (κ2) is 5.98. The summed E-state index contributed by atoms with van der Waals surface area (Å²) >= 11 is 0. The Labute approximate surface area is 96.9 Å². The van der Waals surface area contributed by atoms with E-state index in [0.29, 0.717) is 13.0 Å². The third-order valence-corrected chi connectivity index (χ3v) is 3.62. The highest BCUT2D eigenvalue weighted by atomic mass is 32.2. The smallest absolute Gasteiger partial charge is 0.212 e. The van der Waals surface area contributed by atoms with E-state index in [-0.39, 0.29) is 12.3 Å². The van der Waals surface area contributed by atoms with Crippen LogP contribution in [0.3, 0.4) is 0 Å². The first-order valence-electron chi connectivity index (χ1n) is 5.26. The van der Waals surface area contributed by atoms with Gasteiger partial charge in [0.2, 0.25) is 10.0 Å².